The summed E-state index contributed by atoms with van der Waals surface area (Å²) in [6.07, 6.45) is -1.07. The van der Waals surface area contributed by atoms with Crippen molar-refractivity contribution >= 4 is 5.78 Å². The molecule has 0 spiro atoms. The van der Waals surface area contributed by atoms with Crippen LogP contribution >= 0.6 is 0 Å². The quantitative estimate of drug-likeness (QED) is 0.833. The molecule has 2 N–H and O–H groups in total. The molecule has 0 amide bonds. The summed E-state index contributed by atoms with van der Waals surface area (Å²) in [5.74, 6) is -1.10. The van der Waals surface area contributed by atoms with E-state index in [0.717, 1.165) is 0 Å². The molecular weight excluding hydrogens is 275 g/mol. The molecule has 2 aromatic carbocycles. The molecule has 2 atom stereocenters. The Labute approximate surface area is 120 Å². The topological polar surface area (TPSA) is 66.8 Å². The molecule has 3 rings (SSSR count). The van der Waals surface area contributed by atoms with Crippen molar-refractivity contribution in [2.45, 2.75) is 6.10 Å². The lowest BCUT2D eigenvalue weighted by Crippen LogP contribution is -2.32. The van der Waals surface area contributed by atoms with E-state index in [0.29, 0.717) is 16.9 Å². The molecule has 0 saturated carbocycles. The molecule has 0 radical (unpaired) electrons. The molecule has 1 aliphatic heterocycles. The maximum absolute atomic E-state index is 12.9. The summed E-state index contributed by atoms with van der Waals surface area (Å²) < 4.78 is 18.4. The monoisotopic (exact) mass is 288 g/mol. The third kappa shape index (κ3) is 2.48. The fourth-order valence-corrected chi connectivity index (χ4v) is 2.43. The lowest BCUT2D eigenvalue weighted by molar-refractivity contribution is 0.0416. The van der Waals surface area contributed by atoms with Crippen LogP contribution in [0.5, 0.6) is 11.5 Å². The van der Waals surface area contributed by atoms with Gasteiger partial charge in [0, 0.05) is 11.1 Å². The number of halogens is 1. The highest BCUT2D eigenvalue weighted by atomic mass is 19.1. The van der Waals surface area contributed by atoms with Gasteiger partial charge in [-0.25, -0.2) is 4.39 Å². The Bertz CT molecular complexity index is 681. The second-order valence-corrected chi connectivity index (χ2v) is 4.96. The number of aliphatic hydroxyl groups is 1. The molecule has 0 bridgehead atoms. The minimum Gasteiger partial charge on any atom is -0.508 e. The zero-order chi connectivity index (χ0) is 15.0. The van der Waals surface area contributed by atoms with E-state index < -0.39 is 17.8 Å². The molecular formula is C16H13FO4. The molecule has 5 heteroatoms. The van der Waals surface area contributed by atoms with Crippen molar-refractivity contribution in [2.24, 2.45) is 5.92 Å². The van der Waals surface area contributed by atoms with Gasteiger partial charge in [-0.1, -0.05) is 0 Å². The van der Waals surface area contributed by atoms with Crippen LogP contribution in [0.4, 0.5) is 4.39 Å². The lowest BCUT2D eigenvalue weighted by atomic mass is 9.87. The molecule has 21 heavy (non-hydrogen) atoms. The first-order chi connectivity index (χ1) is 10.1. The normalized spacial score (nSPS) is 20.5. The summed E-state index contributed by atoms with van der Waals surface area (Å²) in [5.41, 5.74) is 0.689. The predicted molar refractivity (Wildman–Crippen MR) is 72.8 cm³/mol. The maximum Gasteiger partial charge on any atom is 0.172 e. The van der Waals surface area contributed by atoms with Crippen LogP contribution in [0.15, 0.2) is 42.5 Å². The Kier molecular flexibility index (Phi) is 3.35. The van der Waals surface area contributed by atoms with Crippen LogP contribution in [-0.2, 0) is 0 Å². The van der Waals surface area contributed by atoms with Crippen molar-refractivity contribution < 1.29 is 24.1 Å². The fourth-order valence-electron chi connectivity index (χ4n) is 2.43. The van der Waals surface area contributed by atoms with Gasteiger partial charge in [0.25, 0.3) is 0 Å². The molecule has 1 heterocycles. The van der Waals surface area contributed by atoms with Crippen molar-refractivity contribution in [2.75, 3.05) is 6.61 Å². The Morgan fingerprint density at radius 3 is 2.62 bits per heavy atom. The smallest absolute Gasteiger partial charge is 0.172 e. The molecule has 108 valence electrons. The number of rotatable bonds is 2. The summed E-state index contributed by atoms with van der Waals surface area (Å²) in [7, 11) is 0. The van der Waals surface area contributed by atoms with Gasteiger partial charge in [-0.2, -0.15) is 0 Å². The molecule has 2 unspecified atom stereocenters. The zero-order valence-electron chi connectivity index (χ0n) is 11.0. The van der Waals surface area contributed by atoms with E-state index in [1.807, 2.05) is 0 Å². The van der Waals surface area contributed by atoms with Gasteiger partial charge in [0.2, 0.25) is 0 Å². The standard InChI is InChI=1S/C16H13FO4/c17-10-3-1-9(2-4-10)15(19)13-8-21-14-6-5-11(18)7-12(14)16(13)20/h1-7,13,16,18,20H,8H2. The largest absolute Gasteiger partial charge is 0.508 e. The number of ketones is 1. The highest BCUT2D eigenvalue weighted by Gasteiger charge is 2.35. The van der Waals surface area contributed by atoms with Gasteiger partial charge in [-0.05, 0) is 42.5 Å². The van der Waals surface area contributed by atoms with Gasteiger partial charge >= 0.3 is 0 Å². The van der Waals surface area contributed by atoms with E-state index in [9.17, 15) is 19.4 Å². The first kappa shape index (κ1) is 13.6. The summed E-state index contributed by atoms with van der Waals surface area (Å²) >= 11 is 0. The van der Waals surface area contributed by atoms with Crippen LogP contribution in [0.2, 0.25) is 0 Å². The van der Waals surface area contributed by atoms with Gasteiger partial charge in [0.05, 0.1) is 12.0 Å². The summed E-state index contributed by atoms with van der Waals surface area (Å²) in [6.45, 7) is 0.0369. The second-order valence-electron chi connectivity index (χ2n) is 4.96. The van der Waals surface area contributed by atoms with Crippen molar-refractivity contribution in [3.8, 4) is 11.5 Å². The van der Waals surface area contributed by atoms with Crippen LogP contribution < -0.4 is 4.74 Å². The number of benzene rings is 2. The SMILES string of the molecule is O=C(c1ccc(F)cc1)C1COc2ccc(O)cc2C1O. The maximum atomic E-state index is 12.9. The molecule has 4 nitrogen and oxygen atoms in total. The molecule has 1 aliphatic rings. The Morgan fingerprint density at radius 1 is 1.19 bits per heavy atom. The van der Waals surface area contributed by atoms with Crippen LogP contribution in [0.25, 0.3) is 0 Å². The number of fused-ring (bicyclic) bond motifs is 1. The van der Waals surface area contributed by atoms with Crippen molar-refractivity contribution in [1.29, 1.82) is 0 Å². The van der Waals surface area contributed by atoms with E-state index in [1.165, 1.54) is 36.4 Å². The van der Waals surface area contributed by atoms with Gasteiger partial charge in [-0.3, -0.25) is 4.79 Å². The molecule has 0 fully saturated rings. The highest BCUT2D eigenvalue weighted by molar-refractivity contribution is 5.98. The number of Topliss-reactive ketones (excluding diaryl/α,β-unsaturated/α-hetero) is 1. The van der Waals surface area contributed by atoms with Gasteiger partial charge < -0.3 is 14.9 Å². The number of carbonyl (C=O) groups excluding carboxylic acids is 1. The Balaban J connectivity index is 1.90. The van der Waals surface area contributed by atoms with Crippen molar-refractivity contribution in [1.82, 2.24) is 0 Å². The highest BCUT2D eigenvalue weighted by Crippen LogP contribution is 2.38. The molecule has 0 aromatic heterocycles. The Morgan fingerprint density at radius 2 is 1.90 bits per heavy atom. The summed E-state index contributed by atoms with van der Waals surface area (Å²) in [5, 5.41) is 19.8. The zero-order valence-corrected chi connectivity index (χ0v) is 11.0. The number of carbonyl (C=O) groups is 1. The minimum absolute atomic E-state index is 0.00807. The Hall–Kier alpha value is -2.40. The fraction of sp³-hybridized carbons (Fsp3) is 0.188. The average Bonchev–Trinajstić information content (AvgIpc) is 2.48. The van der Waals surface area contributed by atoms with E-state index in [4.69, 9.17) is 4.74 Å². The number of aliphatic hydroxyl groups excluding tert-OH is 1. The van der Waals surface area contributed by atoms with Crippen LogP contribution in [0.1, 0.15) is 22.0 Å². The third-order valence-corrected chi connectivity index (χ3v) is 3.58. The number of hydrogen-bond acceptors (Lipinski definition) is 4. The average molecular weight is 288 g/mol. The van der Waals surface area contributed by atoms with Crippen LogP contribution in [-0.4, -0.2) is 22.6 Å². The summed E-state index contributed by atoms with van der Waals surface area (Å²) in [4.78, 5) is 12.4. The number of aromatic hydroxyl groups is 1. The molecule has 0 saturated heterocycles. The predicted octanol–water partition coefficient (Wildman–Crippen LogP) is 2.46. The third-order valence-electron chi connectivity index (χ3n) is 3.58. The number of phenols is 1. The second kappa shape index (κ2) is 5.18. The van der Waals surface area contributed by atoms with Crippen LogP contribution in [0.3, 0.4) is 0 Å². The van der Waals surface area contributed by atoms with E-state index in [1.54, 1.807) is 6.07 Å². The van der Waals surface area contributed by atoms with Crippen molar-refractivity contribution in [3.63, 3.8) is 0 Å². The molecule has 0 aliphatic carbocycles. The van der Waals surface area contributed by atoms with E-state index in [2.05, 4.69) is 0 Å². The van der Waals surface area contributed by atoms with Crippen molar-refractivity contribution in [3.05, 3.63) is 59.4 Å². The van der Waals surface area contributed by atoms with Crippen LogP contribution in [0, 0.1) is 11.7 Å². The van der Waals surface area contributed by atoms with Gasteiger partial charge in [0.1, 0.15) is 23.9 Å². The number of hydrogen-bond donors (Lipinski definition) is 2. The van der Waals surface area contributed by atoms with E-state index >= 15 is 0 Å². The van der Waals surface area contributed by atoms with Gasteiger partial charge in [-0.15, -0.1) is 0 Å². The van der Waals surface area contributed by atoms with Gasteiger partial charge in [0.15, 0.2) is 5.78 Å². The molecule has 2 aromatic rings. The minimum atomic E-state index is -1.07. The lowest BCUT2D eigenvalue weighted by Gasteiger charge is -2.29. The first-order valence-corrected chi connectivity index (χ1v) is 6.50. The summed E-state index contributed by atoms with van der Waals surface area (Å²) in [6, 6.07) is 9.53. The number of ether oxygens (including phenoxy) is 1. The number of phenolic OH excluding ortho intramolecular Hbond substituents is 1. The first-order valence-electron chi connectivity index (χ1n) is 6.50. The van der Waals surface area contributed by atoms with E-state index in [-0.39, 0.29) is 18.1 Å².